The van der Waals surface area contributed by atoms with E-state index < -0.39 is 17.8 Å². The summed E-state index contributed by atoms with van der Waals surface area (Å²) in [5.41, 5.74) is 1.51. The summed E-state index contributed by atoms with van der Waals surface area (Å²) >= 11 is 0. The van der Waals surface area contributed by atoms with Gasteiger partial charge in [0.15, 0.2) is 17.2 Å². The summed E-state index contributed by atoms with van der Waals surface area (Å²) in [6, 6.07) is 9.21. The summed E-state index contributed by atoms with van der Waals surface area (Å²) in [5.74, 6) is 0.662. The quantitative estimate of drug-likeness (QED) is 0.743. The van der Waals surface area contributed by atoms with Gasteiger partial charge in [0.2, 0.25) is 12.7 Å². The van der Waals surface area contributed by atoms with Gasteiger partial charge in [0, 0.05) is 22.4 Å². The zero-order valence-corrected chi connectivity index (χ0v) is 15.7. The highest BCUT2D eigenvalue weighted by atomic mass is 16.7. The lowest BCUT2D eigenvalue weighted by Gasteiger charge is -2.54. The smallest absolute Gasteiger partial charge is 0.257 e. The normalized spacial score (nSPS) is 28.8. The molecule has 2 aromatic rings. The highest BCUT2D eigenvalue weighted by Gasteiger charge is 2.63. The molecular weight excluding hydrogens is 372 g/mol. The van der Waals surface area contributed by atoms with E-state index in [1.165, 1.54) is 4.90 Å². The molecule has 7 heteroatoms. The number of ether oxygens (including phenoxy) is 2. The fourth-order valence-corrected chi connectivity index (χ4v) is 5.18. The Balaban J connectivity index is 1.58. The van der Waals surface area contributed by atoms with Crippen molar-refractivity contribution < 1.29 is 24.2 Å². The number of piperazine rings is 1. The van der Waals surface area contributed by atoms with E-state index in [1.54, 1.807) is 36.1 Å². The van der Waals surface area contributed by atoms with E-state index in [1.807, 2.05) is 12.1 Å². The van der Waals surface area contributed by atoms with Gasteiger partial charge in [0.1, 0.15) is 6.04 Å². The first-order valence-electron chi connectivity index (χ1n) is 9.53. The number of fused-ring (bicyclic) bond motifs is 7. The summed E-state index contributed by atoms with van der Waals surface area (Å²) in [5, 5.41) is 12.0. The highest BCUT2D eigenvalue weighted by Crippen LogP contribution is 2.51. The average Bonchev–Trinajstić information content (AvgIpc) is 3.26. The van der Waals surface area contributed by atoms with Gasteiger partial charge in [-0.15, -0.1) is 0 Å². The van der Waals surface area contributed by atoms with E-state index in [9.17, 15) is 14.7 Å². The Morgan fingerprint density at radius 2 is 1.86 bits per heavy atom. The number of hydrogen-bond donors (Lipinski definition) is 1. The number of nitrogens with zero attached hydrogens (tertiary/aromatic N) is 2. The van der Waals surface area contributed by atoms with Crippen LogP contribution in [0.2, 0.25) is 0 Å². The first kappa shape index (κ1) is 16.6. The molecule has 0 saturated carbocycles. The minimum atomic E-state index is -1.63. The lowest BCUT2D eigenvalue weighted by atomic mass is 9.80. The maximum absolute atomic E-state index is 13.3. The molecule has 0 aromatic heterocycles. The van der Waals surface area contributed by atoms with E-state index in [0.717, 1.165) is 11.1 Å². The van der Waals surface area contributed by atoms with Gasteiger partial charge in [0.25, 0.3) is 5.91 Å². The second-order valence-corrected chi connectivity index (χ2v) is 7.86. The molecule has 2 amide bonds. The molecule has 6 rings (SSSR count). The summed E-state index contributed by atoms with van der Waals surface area (Å²) in [6.45, 7) is 5.96. The van der Waals surface area contributed by atoms with Gasteiger partial charge in [-0.1, -0.05) is 24.8 Å². The van der Waals surface area contributed by atoms with Crippen LogP contribution in [-0.4, -0.2) is 45.6 Å². The molecule has 29 heavy (non-hydrogen) atoms. The van der Waals surface area contributed by atoms with Crippen molar-refractivity contribution in [2.75, 3.05) is 6.79 Å². The number of aliphatic hydroxyl groups is 1. The van der Waals surface area contributed by atoms with Crippen LogP contribution in [0.5, 0.6) is 11.5 Å². The number of benzene rings is 2. The summed E-state index contributed by atoms with van der Waals surface area (Å²) in [7, 11) is 0. The van der Waals surface area contributed by atoms with Crippen LogP contribution in [0, 0.1) is 0 Å². The molecule has 4 aliphatic rings. The van der Waals surface area contributed by atoms with Gasteiger partial charge in [-0.05, 0) is 37.1 Å². The van der Waals surface area contributed by atoms with Gasteiger partial charge in [-0.25, -0.2) is 0 Å². The molecule has 2 aromatic carbocycles. The van der Waals surface area contributed by atoms with E-state index in [4.69, 9.17) is 9.47 Å². The van der Waals surface area contributed by atoms with Crippen LogP contribution >= 0.6 is 0 Å². The predicted octanol–water partition coefficient (Wildman–Crippen LogP) is 1.84. The average molecular weight is 390 g/mol. The molecule has 3 atom stereocenters. The zero-order chi connectivity index (χ0) is 20.1. The molecule has 146 valence electrons. The molecular formula is C22H18N2O5. The van der Waals surface area contributed by atoms with Gasteiger partial charge >= 0.3 is 0 Å². The van der Waals surface area contributed by atoms with Crippen LogP contribution < -0.4 is 9.47 Å². The Morgan fingerprint density at radius 1 is 1.14 bits per heavy atom. The number of carbonyl (C=O) groups excluding carboxylic acids is 2. The Morgan fingerprint density at radius 3 is 2.66 bits per heavy atom. The van der Waals surface area contributed by atoms with Crippen molar-refractivity contribution in [3.05, 3.63) is 65.2 Å². The molecule has 4 heterocycles. The fourth-order valence-electron chi connectivity index (χ4n) is 5.18. The van der Waals surface area contributed by atoms with Crippen molar-refractivity contribution >= 4 is 17.5 Å². The van der Waals surface area contributed by atoms with Crippen LogP contribution in [0.1, 0.15) is 34.0 Å². The third kappa shape index (κ3) is 1.81. The lowest BCUT2D eigenvalue weighted by molar-refractivity contribution is -0.189. The minimum absolute atomic E-state index is 0.146. The summed E-state index contributed by atoms with van der Waals surface area (Å²) < 4.78 is 11.0. The van der Waals surface area contributed by atoms with Crippen molar-refractivity contribution in [1.29, 1.82) is 0 Å². The largest absolute Gasteiger partial charge is 0.454 e. The molecule has 7 nitrogen and oxygen atoms in total. The van der Waals surface area contributed by atoms with Crippen molar-refractivity contribution in [3.63, 3.8) is 0 Å². The Labute approximate surface area is 166 Å². The van der Waals surface area contributed by atoms with Gasteiger partial charge in [0.05, 0.1) is 6.04 Å². The van der Waals surface area contributed by atoms with Crippen LogP contribution in [0.4, 0.5) is 0 Å². The molecule has 0 unspecified atom stereocenters. The molecule has 0 spiro atoms. The first-order valence-corrected chi connectivity index (χ1v) is 9.53. The number of hydrogen-bond acceptors (Lipinski definition) is 5. The van der Waals surface area contributed by atoms with Gasteiger partial charge in [-0.3, -0.25) is 14.5 Å². The van der Waals surface area contributed by atoms with E-state index >= 15 is 0 Å². The van der Waals surface area contributed by atoms with Crippen molar-refractivity contribution in [2.24, 2.45) is 0 Å². The molecule has 0 radical (unpaired) electrons. The van der Waals surface area contributed by atoms with Crippen molar-refractivity contribution in [1.82, 2.24) is 9.80 Å². The Kier molecular flexibility index (Phi) is 2.97. The second-order valence-electron chi connectivity index (χ2n) is 7.86. The molecule has 1 N–H and O–H groups in total. The lowest BCUT2D eigenvalue weighted by Crippen LogP contribution is -2.70. The highest BCUT2D eigenvalue weighted by molar-refractivity contribution is 6.05. The maximum atomic E-state index is 13.3. The third-order valence-electron chi connectivity index (χ3n) is 6.51. The number of amides is 2. The van der Waals surface area contributed by atoms with E-state index in [-0.39, 0.29) is 18.6 Å². The predicted molar refractivity (Wildman–Crippen MR) is 102 cm³/mol. The molecule has 1 fully saturated rings. The summed E-state index contributed by atoms with van der Waals surface area (Å²) in [4.78, 5) is 29.3. The topological polar surface area (TPSA) is 79.3 Å². The van der Waals surface area contributed by atoms with Crippen molar-refractivity contribution in [3.8, 4) is 11.5 Å². The zero-order valence-electron chi connectivity index (χ0n) is 15.7. The van der Waals surface area contributed by atoms with Crippen molar-refractivity contribution in [2.45, 2.75) is 31.2 Å². The molecule has 4 aliphatic heterocycles. The molecule has 1 saturated heterocycles. The maximum Gasteiger partial charge on any atom is 0.257 e. The minimum Gasteiger partial charge on any atom is -0.454 e. The second kappa shape index (κ2) is 5.18. The van der Waals surface area contributed by atoms with Crippen LogP contribution in [0.3, 0.4) is 0 Å². The van der Waals surface area contributed by atoms with Crippen LogP contribution in [0.25, 0.3) is 5.70 Å². The number of rotatable bonds is 0. The van der Waals surface area contributed by atoms with E-state index in [2.05, 4.69) is 6.58 Å². The summed E-state index contributed by atoms with van der Waals surface area (Å²) in [6.07, 6.45) is 0.359. The van der Waals surface area contributed by atoms with Gasteiger partial charge in [-0.2, -0.15) is 0 Å². The fraction of sp³-hybridized carbons (Fsp3) is 0.273. The van der Waals surface area contributed by atoms with E-state index in [0.29, 0.717) is 34.7 Å². The third-order valence-corrected chi connectivity index (χ3v) is 6.51. The number of carbonyl (C=O) groups is 2. The molecule has 0 bridgehead atoms. The Bertz CT molecular complexity index is 1140. The van der Waals surface area contributed by atoms with Crippen LogP contribution in [-0.2, 0) is 16.9 Å². The van der Waals surface area contributed by atoms with Crippen LogP contribution in [0.15, 0.2) is 43.0 Å². The SMILES string of the molecule is C=C1c2cc3c(cc2C[C@@H]2N1C(=O)[C@@H](C)N1C(=O)c4ccccc4[C@]21O)OCO3. The first-order chi connectivity index (χ1) is 13.9. The Hall–Kier alpha value is -3.32. The van der Waals surface area contributed by atoms with Gasteiger partial charge < -0.3 is 19.5 Å². The molecule has 0 aliphatic carbocycles. The monoisotopic (exact) mass is 390 g/mol. The standard InChI is InChI=1S/C22H18N2O5/c1-11-15-9-18-17(28-10-29-18)7-13(15)8-19-22(27)16-6-4-3-5-14(16)21(26)24(22)12(2)20(25)23(11)19/h3-7,9,12,19,27H,1,8,10H2,2H3/t12-,19+,22+/m1/s1.